The van der Waals surface area contributed by atoms with Gasteiger partial charge in [0.15, 0.2) is 11.6 Å². The van der Waals surface area contributed by atoms with E-state index in [1.54, 1.807) is 6.07 Å². The minimum Gasteiger partial charge on any atom is -0.490 e. The number of hydrogen-bond acceptors (Lipinski definition) is 4. The van der Waals surface area contributed by atoms with Crippen molar-refractivity contribution < 1.29 is 4.74 Å². The highest BCUT2D eigenvalue weighted by Crippen LogP contribution is 2.18. The number of nitrogens with zero attached hydrogens (tertiary/aromatic N) is 2. The molecule has 0 bridgehead atoms. The molecule has 14 heavy (non-hydrogen) atoms. The Balaban J connectivity index is 2.47. The van der Waals surface area contributed by atoms with Crippen LogP contribution in [0.1, 0.15) is 18.5 Å². The van der Waals surface area contributed by atoms with E-state index >= 15 is 0 Å². The molecule has 4 nitrogen and oxygen atoms in total. The second kappa shape index (κ2) is 5.07. The first-order chi connectivity index (χ1) is 6.74. The van der Waals surface area contributed by atoms with E-state index in [1.807, 2.05) is 13.0 Å². The highest BCUT2D eigenvalue weighted by molar-refractivity contribution is 5.46. The molecule has 4 heteroatoms. The molecule has 2 N–H and O–H groups in total. The quantitative estimate of drug-likeness (QED) is 0.734. The zero-order valence-electron chi connectivity index (χ0n) is 8.16. The number of nitrogen functional groups attached to an aromatic ring is 1. The molecule has 1 aromatic heterocycles. The van der Waals surface area contributed by atoms with Gasteiger partial charge in [-0.15, -0.1) is 0 Å². The molecule has 0 radical (unpaired) electrons. The highest BCUT2D eigenvalue weighted by atomic mass is 16.5. The topological polar surface area (TPSA) is 71.9 Å². The van der Waals surface area contributed by atoms with Crippen molar-refractivity contribution in [3.63, 3.8) is 0 Å². The zero-order valence-corrected chi connectivity index (χ0v) is 8.16. The van der Waals surface area contributed by atoms with Gasteiger partial charge in [0.1, 0.15) is 0 Å². The molecule has 0 aliphatic heterocycles. The third kappa shape index (κ3) is 2.94. The van der Waals surface area contributed by atoms with E-state index in [-0.39, 0.29) is 0 Å². The zero-order chi connectivity index (χ0) is 10.4. The number of aryl methyl sites for hydroxylation is 1. The van der Waals surface area contributed by atoms with Crippen molar-refractivity contribution in [2.24, 2.45) is 0 Å². The SMILES string of the molecule is Cc1ccc(OCCCC#N)c(N)n1. The van der Waals surface area contributed by atoms with Gasteiger partial charge in [0, 0.05) is 12.1 Å². The molecule has 0 atom stereocenters. The number of rotatable bonds is 4. The predicted molar refractivity (Wildman–Crippen MR) is 53.7 cm³/mol. The maximum atomic E-state index is 8.31. The molecular weight excluding hydrogens is 178 g/mol. The lowest BCUT2D eigenvalue weighted by molar-refractivity contribution is 0.313. The molecule has 0 saturated heterocycles. The third-order valence-electron chi connectivity index (χ3n) is 1.72. The second-order valence-corrected chi connectivity index (χ2v) is 2.95. The first-order valence-electron chi connectivity index (χ1n) is 4.47. The summed E-state index contributed by atoms with van der Waals surface area (Å²) in [6.45, 7) is 2.37. The Morgan fingerprint density at radius 3 is 3.00 bits per heavy atom. The van der Waals surface area contributed by atoms with Crippen molar-refractivity contribution in [1.82, 2.24) is 4.98 Å². The van der Waals surface area contributed by atoms with E-state index in [0.29, 0.717) is 31.0 Å². The van der Waals surface area contributed by atoms with Gasteiger partial charge < -0.3 is 10.5 Å². The lowest BCUT2D eigenvalue weighted by Crippen LogP contribution is -2.02. The molecule has 0 unspecified atom stereocenters. The summed E-state index contributed by atoms with van der Waals surface area (Å²) in [7, 11) is 0. The summed E-state index contributed by atoms with van der Waals surface area (Å²) in [4.78, 5) is 4.06. The van der Waals surface area contributed by atoms with Crippen LogP contribution >= 0.6 is 0 Å². The molecule has 0 aliphatic carbocycles. The maximum Gasteiger partial charge on any atom is 0.166 e. The van der Waals surface area contributed by atoms with Crippen LogP contribution in [0.4, 0.5) is 5.82 Å². The molecule has 0 aromatic carbocycles. The lowest BCUT2D eigenvalue weighted by atomic mass is 10.3. The van der Waals surface area contributed by atoms with Crippen LogP contribution < -0.4 is 10.5 Å². The number of ether oxygens (including phenoxy) is 1. The van der Waals surface area contributed by atoms with Gasteiger partial charge in [-0.05, 0) is 25.5 Å². The van der Waals surface area contributed by atoms with Crippen LogP contribution in [0.5, 0.6) is 5.75 Å². The van der Waals surface area contributed by atoms with E-state index in [2.05, 4.69) is 11.1 Å². The summed E-state index contributed by atoms with van der Waals surface area (Å²) in [5.74, 6) is 0.996. The average molecular weight is 191 g/mol. The maximum absolute atomic E-state index is 8.31. The normalized spacial score (nSPS) is 9.43. The first kappa shape index (κ1) is 10.3. The molecule has 1 rings (SSSR count). The van der Waals surface area contributed by atoms with Gasteiger partial charge in [-0.3, -0.25) is 0 Å². The van der Waals surface area contributed by atoms with E-state index in [1.165, 1.54) is 0 Å². The summed E-state index contributed by atoms with van der Waals surface area (Å²) in [5.41, 5.74) is 6.50. The van der Waals surface area contributed by atoms with Crippen LogP contribution in [0.3, 0.4) is 0 Å². The Morgan fingerprint density at radius 2 is 2.36 bits per heavy atom. The fourth-order valence-electron chi connectivity index (χ4n) is 1.02. The minimum absolute atomic E-state index is 0.405. The Kier molecular flexibility index (Phi) is 3.74. The molecule has 0 amide bonds. The number of anilines is 1. The molecule has 1 aromatic rings. The van der Waals surface area contributed by atoms with Crippen LogP contribution in [0.2, 0.25) is 0 Å². The molecule has 0 aliphatic rings. The highest BCUT2D eigenvalue weighted by Gasteiger charge is 2.00. The van der Waals surface area contributed by atoms with Crippen molar-refractivity contribution >= 4 is 5.82 Å². The van der Waals surface area contributed by atoms with E-state index in [4.69, 9.17) is 15.7 Å². The first-order valence-corrected chi connectivity index (χ1v) is 4.47. The smallest absolute Gasteiger partial charge is 0.166 e. The van der Waals surface area contributed by atoms with Crippen molar-refractivity contribution in [2.45, 2.75) is 19.8 Å². The minimum atomic E-state index is 0.405. The van der Waals surface area contributed by atoms with Crippen molar-refractivity contribution in [3.05, 3.63) is 17.8 Å². The Hall–Kier alpha value is -1.76. The van der Waals surface area contributed by atoms with Gasteiger partial charge in [0.25, 0.3) is 0 Å². The van der Waals surface area contributed by atoms with Crippen LogP contribution in [0.25, 0.3) is 0 Å². The van der Waals surface area contributed by atoms with Gasteiger partial charge >= 0.3 is 0 Å². The van der Waals surface area contributed by atoms with Crippen molar-refractivity contribution in [3.8, 4) is 11.8 Å². The van der Waals surface area contributed by atoms with E-state index in [9.17, 15) is 0 Å². The fraction of sp³-hybridized carbons (Fsp3) is 0.400. The van der Waals surface area contributed by atoms with Gasteiger partial charge in [-0.2, -0.15) is 5.26 Å². The number of aromatic nitrogens is 1. The van der Waals surface area contributed by atoms with Crippen molar-refractivity contribution in [2.75, 3.05) is 12.3 Å². The van der Waals surface area contributed by atoms with Crippen LogP contribution in [0, 0.1) is 18.3 Å². The van der Waals surface area contributed by atoms with Gasteiger partial charge in [0.05, 0.1) is 12.7 Å². The number of pyridine rings is 1. The van der Waals surface area contributed by atoms with Crippen molar-refractivity contribution in [1.29, 1.82) is 5.26 Å². The molecular formula is C10H13N3O. The monoisotopic (exact) mass is 191 g/mol. The molecule has 0 fully saturated rings. The molecule has 1 heterocycles. The molecule has 0 spiro atoms. The molecule has 0 saturated carbocycles. The third-order valence-corrected chi connectivity index (χ3v) is 1.72. The van der Waals surface area contributed by atoms with Crippen LogP contribution in [-0.2, 0) is 0 Å². The fourth-order valence-corrected chi connectivity index (χ4v) is 1.02. The van der Waals surface area contributed by atoms with Gasteiger partial charge in [-0.1, -0.05) is 0 Å². The van der Waals surface area contributed by atoms with Crippen LogP contribution in [0.15, 0.2) is 12.1 Å². The standard InChI is InChI=1S/C10H13N3O/c1-8-4-5-9(10(12)13-8)14-7-3-2-6-11/h4-5H,2-3,7H2,1H3,(H2,12,13). The number of hydrogen-bond donors (Lipinski definition) is 1. The Bertz CT molecular complexity index is 344. The van der Waals surface area contributed by atoms with E-state index in [0.717, 1.165) is 5.69 Å². The summed E-state index contributed by atoms with van der Waals surface area (Å²) < 4.78 is 5.36. The summed E-state index contributed by atoms with van der Waals surface area (Å²) in [6, 6.07) is 5.69. The molecule has 74 valence electrons. The van der Waals surface area contributed by atoms with Gasteiger partial charge in [-0.25, -0.2) is 4.98 Å². The summed E-state index contributed by atoms with van der Waals surface area (Å²) >= 11 is 0. The van der Waals surface area contributed by atoms with Gasteiger partial charge in [0.2, 0.25) is 0 Å². The number of nitriles is 1. The number of nitrogens with two attached hydrogens (primary N) is 1. The Morgan fingerprint density at radius 1 is 1.57 bits per heavy atom. The summed E-state index contributed by atoms with van der Waals surface area (Å²) in [5, 5.41) is 8.31. The lowest BCUT2D eigenvalue weighted by Gasteiger charge is -2.07. The largest absolute Gasteiger partial charge is 0.490 e. The Labute approximate surface area is 83.3 Å². The van der Waals surface area contributed by atoms with E-state index < -0.39 is 0 Å². The average Bonchev–Trinajstić information content (AvgIpc) is 2.15. The van der Waals surface area contributed by atoms with Crippen LogP contribution in [-0.4, -0.2) is 11.6 Å². The summed E-state index contributed by atoms with van der Waals surface area (Å²) in [6.07, 6.45) is 1.21. The number of unbranched alkanes of at least 4 members (excludes halogenated alkanes) is 1. The predicted octanol–water partition coefficient (Wildman–Crippen LogP) is 1.65. The second-order valence-electron chi connectivity index (χ2n) is 2.95.